The van der Waals surface area contributed by atoms with E-state index in [1.807, 2.05) is 4.90 Å². The number of amides is 2. The second-order valence-electron chi connectivity index (χ2n) is 8.41. The second-order valence-corrected chi connectivity index (χ2v) is 8.41. The van der Waals surface area contributed by atoms with Crippen LogP contribution in [0, 0.1) is 11.3 Å². The number of rotatable bonds is 4. The SMILES string of the molecule is O=C(CC1CCC1)N1CCC2(CC1)CCN(c1ccc(OC(F)(F)F)cc1)C2=O. The van der Waals surface area contributed by atoms with Crippen LogP contribution in [-0.4, -0.2) is 42.7 Å². The molecule has 4 rings (SSSR count). The Labute approximate surface area is 167 Å². The number of carbonyl (C=O) groups excluding carboxylic acids is 2. The highest BCUT2D eigenvalue weighted by molar-refractivity contribution is 6.00. The zero-order chi connectivity index (χ0) is 20.6. The Morgan fingerprint density at radius 1 is 1.07 bits per heavy atom. The number of likely N-dealkylation sites (tertiary alicyclic amines) is 1. The van der Waals surface area contributed by atoms with Crippen molar-refractivity contribution in [2.45, 2.75) is 51.3 Å². The molecule has 1 saturated carbocycles. The van der Waals surface area contributed by atoms with E-state index in [4.69, 9.17) is 0 Å². The van der Waals surface area contributed by atoms with Crippen molar-refractivity contribution in [2.24, 2.45) is 11.3 Å². The van der Waals surface area contributed by atoms with Crippen LogP contribution >= 0.6 is 0 Å². The minimum atomic E-state index is -4.74. The predicted molar refractivity (Wildman–Crippen MR) is 100 cm³/mol. The summed E-state index contributed by atoms with van der Waals surface area (Å²) in [6, 6.07) is 5.41. The molecule has 1 aromatic rings. The Morgan fingerprint density at radius 2 is 1.69 bits per heavy atom. The topological polar surface area (TPSA) is 49.9 Å². The molecule has 0 atom stereocenters. The van der Waals surface area contributed by atoms with E-state index in [9.17, 15) is 22.8 Å². The first-order valence-corrected chi connectivity index (χ1v) is 10.2. The van der Waals surface area contributed by atoms with Gasteiger partial charge in [0.15, 0.2) is 0 Å². The van der Waals surface area contributed by atoms with Crippen LogP contribution in [-0.2, 0) is 9.59 Å². The molecule has 1 spiro atoms. The molecule has 0 bridgehead atoms. The van der Waals surface area contributed by atoms with E-state index >= 15 is 0 Å². The number of hydrogen-bond donors (Lipinski definition) is 0. The van der Waals surface area contributed by atoms with E-state index in [0.717, 1.165) is 12.8 Å². The molecule has 2 saturated heterocycles. The van der Waals surface area contributed by atoms with Crippen molar-refractivity contribution >= 4 is 17.5 Å². The largest absolute Gasteiger partial charge is 0.573 e. The summed E-state index contributed by atoms with van der Waals surface area (Å²) in [5, 5.41) is 0. The van der Waals surface area contributed by atoms with Crippen molar-refractivity contribution in [3.05, 3.63) is 24.3 Å². The number of ether oxygens (including phenoxy) is 1. The number of piperidine rings is 1. The summed E-state index contributed by atoms with van der Waals surface area (Å²) in [5.74, 6) is 0.437. The van der Waals surface area contributed by atoms with Crippen molar-refractivity contribution < 1.29 is 27.5 Å². The van der Waals surface area contributed by atoms with E-state index in [1.165, 1.54) is 30.7 Å². The van der Waals surface area contributed by atoms with Gasteiger partial charge < -0.3 is 14.5 Å². The summed E-state index contributed by atoms with van der Waals surface area (Å²) in [6.45, 7) is 1.74. The molecule has 0 N–H and O–H groups in total. The maximum absolute atomic E-state index is 13.1. The molecule has 158 valence electrons. The van der Waals surface area contributed by atoms with E-state index < -0.39 is 11.8 Å². The third kappa shape index (κ3) is 4.21. The Balaban J connectivity index is 1.36. The van der Waals surface area contributed by atoms with Gasteiger partial charge in [0.1, 0.15) is 5.75 Å². The summed E-state index contributed by atoms with van der Waals surface area (Å²) < 4.78 is 40.8. The van der Waals surface area contributed by atoms with Crippen LogP contribution in [0.25, 0.3) is 0 Å². The lowest BCUT2D eigenvalue weighted by atomic mass is 9.76. The molecule has 8 heteroatoms. The van der Waals surface area contributed by atoms with Crippen LogP contribution < -0.4 is 9.64 Å². The molecule has 2 heterocycles. The average molecular weight is 410 g/mol. The van der Waals surface area contributed by atoms with Crippen molar-refractivity contribution in [3.63, 3.8) is 0 Å². The Kier molecular flexibility index (Phi) is 5.21. The molecule has 0 radical (unpaired) electrons. The lowest BCUT2D eigenvalue weighted by Crippen LogP contribution is -2.47. The molecular weight excluding hydrogens is 385 g/mol. The van der Waals surface area contributed by atoms with Gasteiger partial charge in [0.05, 0.1) is 5.41 Å². The van der Waals surface area contributed by atoms with Gasteiger partial charge in [0.25, 0.3) is 0 Å². The van der Waals surface area contributed by atoms with Gasteiger partial charge in [-0.25, -0.2) is 0 Å². The zero-order valence-electron chi connectivity index (χ0n) is 16.2. The summed E-state index contributed by atoms with van der Waals surface area (Å²) in [4.78, 5) is 29.1. The Hall–Kier alpha value is -2.25. The first kappa shape index (κ1) is 20.0. The molecule has 0 unspecified atom stereocenters. The quantitative estimate of drug-likeness (QED) is 0.750. The molecule has 3 aliphatic rings. The maximum Gasteiger partial charge on any atom is 0.573 e. The van der Waals surface area contributed by atoms with Crippen LogP contribution in [0.5, 0.6) is 5.75 Å². The van der Waals surface area contributed by atoms with Gasteiger partial charge in [-0.3, -0.25) is 9.59 Å². The van der Waals surface area contributed by atoms with Gasteiger partial charge in [-0.2, -0.15) is 0 Å². The number of halogens is 3. The Morgan fingerprint density at radius 3 is 2.24 bits per heavy atom. The summed E-state index contributed by atoms with van der Waals surface area (Å²) in [5.41, 5.74) is 0.110. The smallest absolute Gasteiger partial charge is 0.406 e. The molecule has 3 fully saturated rings. The highest BCUT2D eigenvalue weighted by Gasteiger charge is 2.49. The molecule has 1 aliphatic carbocycles. The van der Waals surface area contributed by atoms with E-state index in [0.29, 0.717) is 56.9 Å². The van der Waals surface area contributed by atoms with Gasteiger partial charge in [0.2, 0.25) is 11.8 Å². The average Bonchev–Trinajstić information content (AvgIpc) is 2.94. The van der Waals surface area contributed by atoms with Crippen molar-refractivity contribution in [3.8, 4) is 5.75 Å². The molecule has 29 heavy (non-hydrogen) atoms. The van der Waals surface area contributed by atoms with Crippen LogP contribution in [0.4, 0.5) is 18.9 Å². The third-order valence-electron chi connectivity index (χ3n) is 6.66. The molecule has 5 nitrogen and oxygen atoms in total. The number of nitrogens with zero attached hydrogens (tertiary/aromatic N) is 2. The molecule has 0 aromatic heterocycles. The molecule has 2 aliphatic heterocycles. The highest BCUT2D eigenvalue weighted by atomic mass is 19.4. The monoisotopic (exact) mass is 410 g/mol. The van der Waals surface area contributed by atoms with Crippen LogP contribution in [0.2, 0.25) is 0 Å². The number of carbonyl (C=O) groups is 2. The third-order valence-corrected chi connectivity index (χ3v) is 6.66. The van der Waals surface area contributed by atoms with E-state index in [-0.39, 0.29) is 17.6 Å². The van der Waals surface area contributed by atoms with Crippen LogP contribution in [0.3, 0.4) is 0 Å². The van der Waals surface area contributed by atoms with E-state index in [1.54, 1.807) is 4.90 Å². The zero-order valence-corrected chi connectivity index (χ0v) is 16.2. The number of hydrogen-bond acceptors (Lipinski definition) is 3. The number of alkyl halides is 3. The first-order chi connectivity index (χ1) is 13.8. The normalized spacial score (nSPS) is 22.1. The van der Waals surface area contributed by atoms with Gasteiger partial charge in [-0.05, 0) is 62.3 Å². The maximum atomic E-state index is 13.1. The minimum absolute atomic E-state index is 0.00748. The first-order valence-electron chi connectivity index (χ1n) is 10.2. The van der Waals surface area contributed by atoms with E-state index in [2.05, 4.69) is 4.74 Å². The molecule has 1 aromatic carbocycles. The highest BCUT2D eigenvalue weighted by Crippen LogP contribution is 2.43. The standard InChI is InChI=1S/C21H25F3N2O3/c22-21(23,24)29-17-6-4-16(5-7-17)26-13-10-20(19(26)28)8-11-25(12-9-20)18(27)14-15-2-1-3-15/h4-7,15H,1-3,8-14H2. The molecular formula is C21H25F3N2O3. The second kappa shape index (κ2) is 7.54. The van der Waals surface area contributed by atoms with Crippen molar-refractivity contribution in [2.75, 3.05) is 24.5 Å². The lowest BCUT2D eigenvalue weighted by Gasteiger charge is -2.39. The van der Waals surface area contributed by atoms with Crippen molar-refractivity contribution in [1.82, 2.24) is 4.90 Å². The van der Waals surface area contributed by atoms with Crippen LogP contribution in [0.1, 0.15) is 44.9 Å². The fourth-order valence-corrected chi connectivity index (χ4v) is 4.62. The Bertz CT molecular complexity index is 766. The van der Waals surface area contributed by atoms with Gasteiger partial charge in [-0.1, -0.05) is 6.42 Å². The summed E-state index contributed by atoms with van der Waals surface area (Å²) in [6.07, 6.45) is 1.39. The summed E-state index contributed by atoms with van der Waals surface area (Å²) >= 11 is 0. The predicted octanol–water partition coefficient (Wildman–Crippen LogP) is 4.12. The number of benzene rings is 1. The fraction of sp³-hybridized carbons (Fsp3) is 0.619. The lowest BCUT2D eigenvalue weighted by molar-refractivity contribution is -0.274. The summed E-state index contributed by atoms with van der Waals surface area (Å²) in [7, 11) is 0. The van der Waals surface area contributed by atoms with Gasteiger partial charge >= 0.3 is 6.36 Å². The number of anilines is 1. The fourth-order valence-electron chi connectivity index (χ4n) is 4.62. The van der Waals surface area contributed by atoms with Crippen molar-refractivity contribution in [1.29, 1.82) is 0 Å². The van der Waals surface area contributed by atoms with Gasteiger partial charge in [0, 0.05) is 31.7 Å². The molecule has 2 amide bonds. The van der Waals surface area contributed by atoms with Crippen LogP contribution in [0.15, 0.2) is 24.3 Å². The van der Waals surface area contributed by atoms with Gasteiger partial charge in [-0.15, -0.1) is 13.2 Å². The minimum Gasteiger partial charge on any atom is -0.406 e.